The Kier molecular flexibility index (Phi) is 2.85. The SMILES string of the molecule is CCNCc1ccc2nc(C3CCC3)[nH]c2c1. The molecule has 2 N–H and O–H groups in total. The number of nitrogens with one attached hydrogen (secondary N) is 2. The van der Waals surface area contributed by atoms with Gasteiger partial charge in [0.05, 0.1) is 11.0 Å². The van der Waals surface area contributed by atoms with Gasteiger partial charge in [0.25, 0.3) is 0 Å². The van der Waals surface area contributed by atoms with Gasteiger partial charge >= 0.3 is 0 Å². The average Bonchev–Trinajstić information content (AvgIpc) is 2.66. The summed E-state index contributed by atoms with van der Waals surface area (Å²) >= 11 is 0. The second-order valence-corrected chi connectivity index (χ2v) is 4.88. The van der Waals surface area contributed by atoms with Crippen LogP contribution in [0.3, 0.4) is 0 Å². The summed E-state index contributed by atoms with van der Waals surface area (Å²) in [7, 11) is 0. The molecule has 1 aliphatic carbocycles. The first-order valence-electron chi connectivity index (χ1n) is 6.56. The lowest BCUT2D eigenvalue weighted by atomic mass is 9.85. The Balaban J connectivity index is 1.87. The van der Waals surface area contributed by atoms with E-state index in [0.717, 1.165) is 18.6 Å². The molecule has 0 radical (unpaired) electrons. The lowest BCUT2D eigenvalue weighted by Gasteiger charge is -2.22. The van der Waals surface area contributed by atoms with Crippen molar-refractivity contribution in [1.29, 1.82) is 0 Å². The highest BCUT2D eigenvalue weighted by molar-refractivity contribution is 5.76. The molecule has 90 valence electrons. The van der Waals surface area contributed by atoms with E-state index in [1.54, 1.807) is 0 Å². The van der Waals surface area contributed by atoms with E-state index in [1.165, 1.54) is 36.2 Å². The minimum Gasteiger partial charge on any atom is -0.342 e. The van der Waals surface area contributed by atoms with Crippen molar-refractivity contribution in [3.63, 3.8) is 0 Å². The molecule has 0 unspecified atom stereocenters. The van der Waals surface area contributed by atoms with Gasteiger partial charge in [0.1, 0.15) is 5.82 Å². The number of nitrogens with zero attached hydrogens (tertiary/aromatic N) is 1. The van der Waals surface area contributed by atoms with Gasteiger partial charge in [-0.3, -0.25) is 0 Å². The van der Waals surface area contributed by atoms with E-state index in [-0.39, 0.29) is 0 Å². The summed E-state index contributed by atoms with van der Waals surface area (Å²) in [6.45, 7) is 4.07. The molecule has 0 bridgehead atoms. The maximum absolute atomic E-state index is 4.68. The molecule has 1 aliphatic rings. The molecule has 0 amide bonds. The number of aromatic amines is 1. The fourth-order valence-corrected chi connectivity index (χ4v) is 2.33. The second-order valence-electron chi connectivity index (χ2n) is 4.88. The molecule has 17 heavy (non-hydrogen) atoms. The van der Waals surface area contributed by atoms with Crippen molar-refractivity contribution >= 4 is 11.0 Å². The topological polar surface area (TPSA) is 40.7 Å². The van der Waals surface area contributed by atoms with Gasteiger partial charge in [-0.15, -0.1) is 0 Å². The van der Waals surface area contributed by atoms with Crippen molar-refractivity contribution in [2.24, 2.45) is 0 Å². The molecule has 3 heteroatoms. The summed E-state index contributed by atoms with van der Waals surface area (Å²) in [4.78, 5) is 8.16. The third-order valence-electron chi connectivity index (χ3n) is 3.64. The van der Waals surface area contributed by atoms with Gasteiger partial charge in [0.2, 0.25) is 0 Å². The normalized spacial score (nSPS) is 16.3. The van der Waals surface area contributed by atoms with Crippen molar-refractivity contribution < 1.29 is 0 Å². The maximum atomic E-state index is 4.68. The van der Waals surface area contributed by atoms with Gasteiger partial charge in [0.15, 0.2) is 0 Å². The van der Waals surface area contributed by atoms with E-state index in [1.807, 2.05) is 0 Å². The Bertz CT molecular complexity index is 511. The van der Waals surface area contributed by atoms with Crippen LogP contribution in [-0.4, -0.2) is 16.5 Å². The maximum Gasteiger partial charge on any atom is 0.110 e. The molecule has 2 aromatic rings. The monoisotopic (exact) mass is 229 g/mol. The molecule has 0 aliphatic heterocycles. The van der Waals surface area contributed by atoms with E-state index in [9.17, 15) is 0 Å². The minimum atomic E-state index is 0.680. The first-order valence-corrected chi connectivity index (χ1v) is 6.56. The Hall–Kier alpha value is -1.35. The van der Waals surface area contributed by atoms with Gasteiger partial charge in [-0.05, 0) is 37.1 Å². The third-order valence-corrected chi connectivity index (χ3v) is 3.64. The minimum absolute atomic E-state index is 0.680. The van der Waals surface area contributed by atoms with Crippen molar-refractivity contribution in [2.45, 2.75) is 38.6 Å². The molecule has 0 spiro atoms. The van der Waals surface area contributed by atoms with Crippen LogP contribution in [0.1, 0.15) is 43.5 Å². The first-order chi connectivity index (χ1) is 8.36. The van der Waals surface area contributed by atoms with Gasteiger partial charge in [-0.1, -0.05) is 19.4 Å². The van der Waals surface area contributed by atoms with Gasteiger partial charge in [-0.25, -0.2) is 4.98 Å². The molecule has 1 aromatic heterocycles. The zero-order chi connectivity index (χ0) is 11.7. The third kappa shape index (κ3) is 2.07. The highest BCUT2D eigenvalue weighted by Crippen LogP contribution is 2.35. The van der Waals surface area contributed by atoms with E-state index >= 15 is 0 Å². The van der Waals surface area contributed by atoms with Crippen LogP contribution in [-0.2, 0) is 6.54 Å². The van der Waals surface area contributed by atoms with E-state index in [2.05, 4.69) is 40.4 Å². The van der Waals surface area contributed by atoms with Crippen molar-refractivity contribution in [2.75, 3.05) is 6.54 Å². The van der Waals surface area contributed by atoms with Crippen molar-refractivity contribution in [3.8, 4) is 0 Å². The molecule has 0 atom stereocenters. The number of fused-ring (bicyclic) bond motifs is 1. The summed E-state index contributed by atoms with van der Waals surface area (Å²) < 4.78 is 0. The summed E-state index contributed by atoms with van der Waals surface area (Å²) in [5, 5.41) is 3.35. The fraction of sp³-hybridized carbons (Fsp3) is 0.500. The molecule has 3 rings (SSSR count). The van der Waals surface area contributed by atoms with Gasteiger partial charge in [0, 0.05) is 12.5 Å². The highest BCUT2D eigenvalue weighted by Gasteiger charge is 2.22. The quantitative estimate of drug-likeness (QED) is 0.846. The molecular weight excluding hydrogens is 210 g/mol. The molecule has 3 nitrogen and oxygen atoms in total. The van der Waals surface area contributed by atoms with Crippen molar-refractivity contribution in [3.05, 3.63) is 29.6 Å². The number of aromatic nitrogens is 2. The standard InChI is InChI=1S/C14H19N3/c1-2-15-9-10-6-7-12-13(8-10)17-14(16-12)11-4-3-5-11/h6-8,11,15H,2-5,9H2,1H3,(H,16,17). The Labute approximate surface area is 102 Å². The number of hydrogen-bond donors (Lipinski definition) is 2. The molecule has 1 fully saturated rings. The second kappa shape index (κ2) is 4.49. The van der Waals surface area contributed by atoms with Crippen LogP contribution >= 0.6 is 0 Å². The zero-order valence-corrected chi connectivity index (χ0v) is 10.3. The van der Waals surface area contributed by atoms with Crippen LogP contribution < -0.4 is 5.32 Å². The zero-order valence-electron chi connectivity index (χ0n) is 10.3. The highest BCUT2D eigenvalue weighted by atomic mass is 14.9. The lowest BCUT2D eigenvalue weighted by Crippen LogP contribution is -2.11. The van der Waals surface area contributed by atoms with E-state index in [0.29, 0.717) is 5.92 Å². The Morgan fingerprint density at radius 1 is 1.41 bits per heavy atom. The van der Waals surface area contributed by atoms with Gasteiger partial charge in [-0.2, -0.15) is 0 Å². The molecule has 1 aromatic carbocycles. The smallest absolute Gasteiger partial charge is 0.110 e. The Morgan fingerprint density at radius 3 is 3.00 bits per heavy atom. The summed E-state index contributed by atoms with van der Waals surface area (Å²) in [6, 6.07) is 6.50. The van der Waals surface area contributed by atoms with Crippen LogP contribution in [0, 0.1) is 0 Å². The average molecular weight is 229 g/mol. The summed E-state index contributed by atoms with van der Waals surface area (Å²) in [6.07, 6.45) is 3.95. The van der Waals surface area contributed by atoms with E-state index < -0.39 is 0 Å². The van der Waals surface area contributed by atoms with Crippen LogP contribution in [0.4, 0.5) is 0 Å². The van der Waals surface area contributed by atoms with E-state index in [4.69, 9.17) is 0 Å². The van der Waals surface area contributed by atoms with Crippen LogP contribution in [0.5, 0.6) is 0 Å². The fourth-order valence-electron chi connectivity index (χ4n) is 2.33. The van der Waals surface area contributed by atoms with Crippen LogP contribution in [0.15, 0.2) is 18.2 Å². The Morgan fingerprint density at radius 2 is 2.29 bits per heavy atom. The molecular formula is C14H19N3. The number of imidazole rings is 1. The number of H-pyrrole nitrogens is 1. The lowest BCUT2D eigenvalue weighted by molar-refractivity contribution is 0.405. The number of rotatable bonds is 4. The predicted molar refractivity (Wildman–Crippen MR) is 70.1 cm³/mol. The van der Waals surface area contributed by atoms with Crippen LogP contribution in [0.25, 0.3) is 11.0 Å². The summed E-state index contributed by atoms with van der Waals surface area (Å²) in [5.74, 6) is 1.87. The molecule has 0 saturated heterocycles. The number of benzene rings is 1. The number of hydrogen-bond acceptors (Lipinski definition) is 2. The molecule has 1 saturated carbocycles. The van der Waals surface area contributed by atoms with Crippen molar-refractivity contribution in [1.82, 2.24) is 15.3 Å². The largest absolute Gasteiger partial charge is 0.342 e. The van der Waals surface area contributed by atoms with Crippen LogP contribution in [0.2, 0.25) is 0 Å². The predicted octanol–water partition coefficient (Wildman–Crippen LogP) is 2.94. The summed E-state index contributed by atoms with van der Waals surface area (Å²) in [5.41, 5.74) is 3.61. The first kappa shape index (κ1) is 10.8. The molecule has 1 heterocycles. The van der Waals surface area contributed by atoms with Gasteiger partial charge < -0.3 is 10.3 Å².